The molecule has 1 atom stereocenters. The standard InChI is InChI=1S/C15H17ClN4O2.2C2H6/c1-8-10(6-20-11(8)12(16)17-7-18-20)5-19-13(21)9(2)15(3,4)14(19)22;2*1-2/h6-7,9H,5H2,1-4H3;2*1-2H3. The van der Waals surface area contributed by atoms with Gasteiger partial charge in [0, 0.05) is 12.1 Å². The largest absolute Gasteiger partial charge is 0.277 e. The van der Waals surface area contributed by atoms with E-state index in [0.717, 1.165) is 11.1 Å². The molecular weight excluding hydrogens is 352 g/mol. The number of hydrogen-bond donors (Lipinski definition) is 0. The maximum Gasteiger partial charge on any atom is 0.235 e. The zero-order chi connectivity index (χ0) is 20.2. The van der Waals surface area contributed by atoms with Crippen molar-refractivity contribution in [2.24, 2.45) is 11.3 Å². The first-order chi connectivity index (χ1) is 12.2. The number of rotatable bonds is 2. The van der Waals surface area contributed by atoms with Crippen molar-refractivity contribution < 1.29 is 9.59 Å². The first kappa shape index (κ1) is 22.1. The summed E-state index contributed by atoms with van der Waals surface area (Å²) in [6.45, 7) is 15.5. The molecule has 1 saturated heterocycles. The minimum Gasteiger partial charge on any atom is -0.277 e. The Morgan fingerprint density at radius 3 is 2.23 bits per heavy atom. The maximum atomic E-state index is 12.5. The third-order valence-electron chi connectivity index (χ3n) is 4.73. The molecule has 7 heteroatoms. The number of halogens is 1. The highest BCUT2D eigenvalue weighted by atomic mass is 35.5. The van der Waals surface area contributed by atoms with Gasteiger partial charge in [0.05, 0.1) is 12.0 Å². The number of carbonyl (C=O) groups is 2. The SMILES string of the molecule is CC.CC.Cc1c(CN2C(=O)C(C)C(C)(C)C2=O)cn2ncnc(Cl)c12. The van der Waals surface area contributed by atoms with Gasteiger partial charge in [0.2, 0.25) is 11.8 Å². The van der Waals surface area contributed by atoms with Crippen LogP contribution in [0.2, 0.25) is 5.15 Å². The third-order valence-corrected chi connectivity index (χ3v) is 5.01. The molecule has 2 aromatic heterocycles. The lowest BCUT2D eigenvalue weighted by atomic mass is 9.82. The maximum absolute atomic E-state index is 12.5. The molecule has 0 aromatic carbocycles. The van der Waals surface area contributed by atoms with Gasteiger partial charge in [-0.2, -0.15) is 5.10 Å². The molecule has 0 aliphatic carbocycles. The number of carbonyl (C=O) groups excluding carboxylic acids is 2. The van der Waals surface area contributed by atoms with Crippen LogP contribution in [-0.4, -0.2) is 31.3 Å². The molecule has 3 heterocycles. The molecular formula is C19H29ClN4O2. The van der Waals surface area contributed by atoms with Gasteiger partial charge in [-0.15, -0.1) is 0 Å². The number of nitrogens with zero attached hydrogens (tertiary/aromatic N) is 4. The highest BCUT2D eigenvalue weighted by Crippen LogP contribution is 2.38. The molecule has 1 aliphatic rings. The first-order valence-corrected chi connectivity index (χ1v) is 9.46. The lowest BCUT2D eigenvalue weighted by Gasteiger charge is -2.18. The molecule has 6 nitrogen and oxygen atoms in total. The van der Waals surface area contributed by atoms with Gasteiger partial charge < -0.3 is 0 Å². The van der Waals surface area contributed by atoms with Crippen LogP contribution in [0.5, 0.6) is 0 Å². The van der Waals surface area contributed by atoms with E-state index >= 15 is 0 Å². The fourth-order valence-corrected chi connectivity index (χ4v) is 3.09. The van der Waals surface area contributed by atoms with Crippen molar-refractivity contribution in [2.45, 2.75) is 61.9 Å². The van der Waals surface area contributed by atoms with E-state index in [1.165, 1.54) is 11.2 Å². The topological polar surface area (TPSA) is 67.6 Å². The van der Waals surface area contributed by atoms with Crippen molar-refractivity contribution in [1.29, 1.82) is 0 Å². The van der Waals surface area contributed by atoms with Crippen LogP contribution in [0, 0.1) is 18.3 Å². The summed E-state index contributed by atoms with van der Waals surface area (Å²) in [4.78, 5) is 30.2. The van der Waals surface area contributed by atoms with Crippen LogP contribution in [-0.2, 0) is 16.1 Å². The number of aromatic nitrogens is 3. The minimum atomic E-state index is -0.665. The summed E-state index contributed by atoms with van der Waals surface area (Å²) in [6, 6.07) is 0. The predicted molar refractivity (Wildman–Crippen MR) is 104 cm³/mol. The van der Waals surface area contributed by atoms with Crippen LogP contribution < -0.4 is 0 Å². The summed E-state index contributed by atoms with van der Waals surface area (Å²) in [5, 5.41) is 4.47. The van der Waals surface area contributed by atoms with Crippen LogP contribution in [0.4, 0.5) is 0 Å². The monoisotopic (exact) mass is 380 g/mol. The highest BCUT2D eigenvalue weighted by molar-refractivity contribution is 6.32. The average molecular weight is 381 g/mol. The molecule has 1 unspecified atom stereocenters. The Morgan fingerprint density at radius 1 is 1.19 bits per heavy atom. The molecule has 2 aromatic rings. The van der Waals surface area contributed by atoms with Gasteiger partial charge in [0.25, 0.3) is 0 Å². The van der Waals surface area contributed by atoms with E-state index in [1.54, 1.807) is 17.6 Å². The summed E-state index contributed by atoms with van der Waals surface area (Å²) in [7, 11) is 0. The molecule has 26 heavy (non-hydrogen) atoms. The van der Waals surface area contributed by atoms with Gasteiger partial charge in [-0.25, -0.2) is 9.50 Å². The van der Waals surface area contributed by atoms with Gasteiger partial charge >= 0.3 is 0 Å². The normalized spacial score (nSPS) is 18.3. The second kappa shape index (κ2) is 8.62. The highest BCUT2D eigenvalue weighted by Gasteiger charge is 2.51. The Hall–Kier alpha value is -1.95. The smallest absolute Gasteiger partial charge is 0.235 e. The number of amides is 2. The molecule has 1 fully saturated rings. The van der Waals surface area contributed by atoms with Gasteiger partial charge in [-0.1, -0.05) is 60.1 Å². The van der Waals surface area contributed by atoms with Gasteiger partial charge in [0.15, 0.2) is 5.15 Å². The van der Waals surface area contributed by atoms with E-state index in [1.807, 2.05) is 48.5 Å². The lowest BCUT2D eigenvalue weighted by Crippen LogP contribution is -2.32. The van der Waals surface area contributed by atoms with Crippen LogP contribution in [0.1, 0.15) is 59.6 Å². The Labute approximate surface area is 160 Å². The van der Waals surface area contributed by atoms with Crippen molar-refractivity contribution in [3.05, 3.63) is 28.8 Å². The zero-order valence-electron chi connectivity index (χ0n) is 16.9. The zero-order valence-corrected chi connectivity index (χ0v) is 17.7. The lowest BCUT2D eigenvalue weighted by molar-refractivity contribution is -0.141. The number of likely N-dealkylation sites (tertiary alicyclic amines) is 1. The Bertz CT molecular complexity index is 798. The number of fused-ring (bicyclic) bond motifs is 1. The molecule has 0 radical (unpaired) electrons. The summed E-state index contributed by atoms with van der Waals surface area (Å²) >= 11 is 6.10. The van der Waals surface area contributed by atoms with E-state index in [4.69, 9.17) is 11.6 Å². The van der Waals surface area contributed by atoms with Gasteiger partial charge in [-0.3, -0.25) is 14.5 Å². The summed E-state index contributed by atoms with van der Waals surface area (Å²) in [5.74, 6) is -0.598. The first-order valence-electron chi connectivity index (χ1n) is 9.08. The van der Waals surface area contributed by atoms with Crippen LogP contribution in [0.15, 0.2) is 12.5 Å². The minimum absolute atomic E-state index is 0.137. The van der Waals surface area contributed by atoms with Gasteiger partial charge in [-0.05, 0) is 18.1 Å². The van der Waals surface area contributed by atoms with Crippen molar-refractivity contribution in [2.75, 3.05) is 0 Å². The summed E-state index contributed by atoms with van der Waals surface area (Å²) in [5.41, 5.74) is 1.75. The Balaban J connectivity index is 0.000000791. The molecule has 0 saturated carbocycles. The van der Waals surface area contributed by atoms with Gasteiger partial charge in [0.1, 0.15) is 11.8 Å². The summed E-state index contributed by atoms with van der Waals surface area (Å²) < 4.78 is 1.62. The third kappa shape index (κ3) is 3.61. The number of hydrogen-bond acceptors (Lipinski definition) is 4. The average Bonchev–Trinajstić information content (AvgIpc) is 3.03. The Morgan fingerprint density at radius 2 is 1.77 bits per heavy atom. The quantitative estimate of drug-likeness (QED) is 0.729. The van der Waals surface area contributed by atoms with Crippen molar-refractivity contribution in [3.8, 4) is 0 Å². The van der Waals surface area contributed by atoms with E-state index in [2.05, 4.69) is 10.1 Å². The molecule has 0 spiro atoms. The fraction of sp³-hybridized carbons (Fsp3) is 0.579. The Kier molecular flexibility index (Phi) is 7.33. The molecule has 1 aliphatic heterocycles. The number of imide groups is 1. The van der Waals surface area contributed by atoms with E-state index < -0.39 is 5.41 Å². The number of aryl methyl sites for hydroxylation is 1. The molecule has 3 rings (SSSR count). The molecule has 0 bridgehead atoms. The second-order valence-electron chi connectivity index (χ2n) is 6.30. The van der Waals surface area contributed by atoms with E-state index in [9.17, 15) is 9.59 Å². The van der Waals surface area contributed by atoms with Crippen LogP contribution in [0.25, 0.3) is 5.52 Å². The second-order valence-corrected chi connectivity index (χ2v) is 6.65. The van der Waals surface area contributed by atoms with Crippen molar-refractivity contribution >= 4 is 28.9 Å². The van der Waals surface area contributed by atoms with E-state index in [-0.39, 0.29) is 24.3 Å². The van der Waals surface area contributed by atoms with Crippen molar-refractivity contribution in [1.82, 2.24) is 19.5 Å². The predicted octanol–water partition coefficient (Wildman–Crippen LogP) is 4.27. The summed E-state index contributed by atoms with van der Waals surface area (Å²) in [6.07, 6.45) is 3.16. The molecule has 0 N–H and O–H groups in total. The van der Waals surface area contributed by atoms with Crippen LogP contribution >= 0.6 is 11.6 Å². The fourth-order valence-electron chi connectivity index (χ4n) is 2.82. The van der Waals surface area contributed by atoms with Crippen molar-refractivity contribution in [3.63, 3.8) is 0 Å². The van der Waals surface area contributed by atoms with E-state index in [0.29, 0.717) is 10.7 Å². The molecule has 2 amide bonds. The molecule has 144 valence electrons. The van der Waals surface area contributed by atoms with Crippen LogP contribution in [0.3, 0.4) is 0 Å².